The van der Waals surface area contributed by atoms with Crippen LogP contribution < -0.4 is 15.8 Å². The van der Waals surface area contributed by atoms with Crippen LogP contribution in [0.25, 0.3) is 0 Å². The molecule has 6 nitrogen and oxygen atoms in total. The predicted molar refractivity (Wildman–Crippen MR) is 69.8 cm³/mol. The van der Waals surface area contributed by atoms with Gasteiger partial charge < -0.3 is 10.6 Å². The van der Waals surface area contributed by atoms with Crippen molar-refractivity contribution in [1.82, 2.24) is 5.32 Å². The number of primary sulfonamides is 1. The highest BCUT2D eigenvalue weighted by molar-refractivity contribution is 7.89. The van der Waals surface area contributed by atoms with E-state index >= 15 is 0 Å². The van der Waals surface area contributed by atoms with Crippen LogP contribution in [0.3, 0.4) is 0 Å². The van der Waals surface area contributed by atoms with Gasteiger partial charge >= 0.3 is 0 Å². The van der Waals surface area contributed by atoms with Crippen molar-refractivity contribution >= 4 is 21.6 Å². The number of sulfonamides is 1. The molecule has 0 aromatic heterocycles. The second-order valence-electron chi connectivity index (χ2n) is 4.04. The van der Waals surface area contributed by atoms with Crippen molar-refractivity contribution in [2.45, 2.75) is 18.7 Å². The lowest BCUT2D eigenvalue weighted by Crippen LogP contribution is -2.25. The minimum atomic E-state index is -3.78. The lowest BCUT2D eigenvalue weighted by Gasteiger charge is -2.12. The molecule has 18 heavy (non-hydrogen) atoms. The molecule has 1 rings (SSSR count). The maximum atomic E-state index is 11.5. The molecular formula is C11H17N3O3S. The zero-order valence-corrected chi connectivity index (χ0v) is 11.4. The van der Waals surface area contributed by atoms with Gasteiger partial charge in [0.1, 0.15) is 0 Å². The van der Waals surface area contributed by atoms with Gasteiger partial charge in [-0.2, -0.15) is 0 Å². The fraction of sp³-hybridized carbons (Fsp3) is 0.364. The number of hydrogen-bond acceptors (Lipinski definition) is 4. The van der Waals surface area contributed by atoms with Crippen LogP contribution in [0.2, 0.25) is 0 Å². The average molecular weight is 271 g/mol. The molecular weight excluding hydrogens is 254 g/mol. The van der Waals surface area contributed by atoms with Crippen molar-refractivity contribution in [3.05, 3.63) is 23.3 Å². The first-order valence-corrected chi connectivity index (χ1v) is 6.89. The van der Waals surface area contributed by atoms with Crippen LogP contribution in [0.4, 0.5) is 5.69 Å². The number of nitrogens with one attached hydrogen (secondary N) is 2. The first-order valence-electron chi connectivity index (χ1n) is 5.34. The quantitative estimate of drug-likeness (QED) is 0.723. The van der Waals surface area contributed by atoms with Crippen LogP contribution >= 0.6 is 0 Å². The summed E-state index contributed by atoms with van der Waals surface area (Å²) in [6, 6.07) is 2.85. The van der Waals surface area contributed by atoms with Crippen molar-refractivity contribution in [1.29, 1.82) is 0 Å². The Morgan fingerprint density at radius 1 is 1.33 bits per heavy atom. The summed E-state index contributed by atoms with van der Waals surface area (Å²) in [4.78, 5) is 11.5. The van der Waals surface area contributed by atoms with Crippen LogP contribution in [-0.4, -0.2) is 27.9 Å². The minimum Gasteiger partial charge on any atom is -0.325 e. The number of carbonyl (C=O) groups is 1. The predicted octanol–water partition coefficient (Wildman–Crippen LogP) is 0.109. The summed E-state index contributed by atoms with van der Waals surface area (Å²) in [5, 5.41) is 10.4. The Morgan fingerprint density at radius 2 is 1.94 bits per heavy atom. The second kappa shape index (κ2) is 5.47. The van der Waals surface area contributed by atoms with E-state index in [-0.39, 0.29) is 17.3 Å². The third kappa shape index (κ3) is 3.52. The number of amides is 1. The Morgan fingerprint density at radius 3 is 2.44 bits per heavy atom. The Labute approximate surface area is 107 Å². The molecule has 7 heteroatoms. The molecule has 100 valence electrons. The lowest BCUT2D eigenvalue weighted by molar-refractivity contribution is -0.115. The van der Waals surface area contributed by atoms with Gasteiger partial charge in [0.05, 0.1) is 11.4 Å². The van der Waals surface area contributed by atoms with E-state index in [0.717, 1.165) is 11.1 Å². The molecule has 1 amide bonds. The fourth-order valence-corrected chi connectivity index (χ4v) is 2.10. The molecule has 0 atom stereocenters. The normalized spacial score (nSPS) is 11.3. The Balaban J connectivity index is 3.19. The SMILES string of the molecule is CNCC(=O)Nc1cc(S(N)(=O)=O)cc(C)c1C. The van der Waals surface area contributed by atoms with Gasteiger partial charge in [-0.05, 0) is 44.2 Å². The van der Waals surface area contributed by atoms with Gasteiger partial charge in [0.2, 0.25) is 15.9 Å². The highest BCUT2D eigenvalue weighted by atomic mass is 32.2. The molecule has 0 unspecified atom stereocenters. The molecule has 0 saturated carbocycles. The molecule has 0 aliphatic rings. The van der Waals surface area contributed by atoms with Crippen LogP contribution in [0.1, 0.15) is 11.1 Å². The highest BCUT2D eigenvalue weighted by Crippen LogP contribution is 2.23. The smallest absolute Gasteiger partial charge is 0.238 e. The summed E-state index contributed by atoms with van der Waals surface area (Å²) in [7, 11) is -2.13. The topological polar surface area (TPSA) is 101 Å². The van der Waals surface area contributed by atoms with Crippen molar-refractivity contribution in [2.75, 3.05) is 18.9 Å². The van der Waals surface area contributed by atoms with Crippen molar-refractivity contribution < 1.29 is 13.2 Å². The van der Waals surface area contributed by atoms with Crippen molar-refractivity contribution in [2.24, 2.45) is 5.14 Å². The third-order valence-electron chi connectivity index (χ3n) is 2.58. The molecule has 0 saturated heterocycles. The molecule has 0 heterocycles. The maximum absolute atomic E-state index is 11.5. The zero-order valence-electron chi connectivity index (χ0n) is 10.6. The summed E-state index contributed by atoms with van der Waals surface area (Å²) in [5.41, 5.74) is 2.02. The van der Waals surface area contributed by atoms with Gasteiger partial charge in [0.15, 0.2) is 0 Å². The number of aryl methyl sites for hydroxylation is 1. The van der Waals surface area contributed by atoms with Crippen LogP contribution in [-0.2, 0) is 14.8 Å². The highest BCUT2D eigenvalue weighted by Gasteiger charge is 2.13. The first kappa shape index (κ1) is 14.6. The molecule has 4 N–H and O–H groups in total. The molecule has 0 fully saturated rings. The largest absolute Gasteiger partial charge is 0.325 e. The van der Waals surface area contributed by atoms with Gasteiger partial charge in [0, 0.05) is 5.69 Å². The van der Waals surface area contributed by atoms with E-state index in [0.29, 0.717) is 5.69 Å². The number of carbonyl (C=O) groups excluding carboxylic acids is 1. The maximum Gasteiger partial charge on any atom is 0.238 e. The van der Waals surface area contributed by atoms with Crippen molar-refractivity contribution in [3.63, 3.8) is 0 Å². The van der Waals surface area contributed by atoms with Crippen LogP contribution in [0.5, 0.6) is 0 Å². The second-order valence-corrected chi connectivity index (χ2v) is 5.60. The molecule has 0 aliphatic carbocycles. The van der Waals surface area contributed by atoms with E-state index in [1.54, 1.807) is 20.9 Å². The van der Waals surface area contributed by atoms with Crippen molar-refractivity contribution in [3.8, 4) is 0 Å². The molecule has 0 aliphatic heterocycles. The number of benzene rings is 1. The standard InChI is InChI=1S/C11H17N3O3S/c1-7-4-9(18(12,16)17)5-10(8(7)2)14-11(15)6-13-3/h4-5,13H,6H2,1-3H3,(H,14,15)(H2,12,16,17). The molecule has 0 spiro atoms. The van der Waals surface area contributed by atoms with E-state index in [2.05, 4.69) is 10.6 Å². The monoisotopic (exact) mass is 271 g/mol. The minimum absolute atomic E-state index is 0.00893. The summed E-state index contributed by atoms with van der Waals surface area (Å²) in [6.45, 7) is 3.72. The average Bonchev–Trinajstić information content (AvgIpc) is 2.23. The number of anilines is 1. The van der Waals surface area contributed by atoms with Gasteiger partial charge in [0.25, 0.3) is 0 Å². The van der Waals surface area contributed by atoms with E-state index in [1.807, 2.05) is 0 Å². The molecule has 0 radical (unpaired) electrons. The fourth-order valence-electron chi connectivity index (χ4n) is 1.48. The van der Waals surface area contributed by atoms with E-state index < -0.39 is 10.0 Å². The van der Waals surface area contributed by atoms with Crippen LogP contribution in [0, 0.1) is 13.8 Å². The number of hydrogen-bond donors (Lipinski definition) is 3. The van der Waals surface area contributed by atoms with Gasteiger partial charge in [-0.25, -0.2) is 13.6 Å². The lowest BCUT2D eigenvalue weighted by atomic mass is 10.1. The summed E-state index contributed by atoms with van der Waals surface area (Å²) in [5.74, 6) is -0.244. The van der Waals surface area contributed by atoms with E-state index in [4.69, 9.17) is 5.14 Å². The summed E-state index contributed by atoms with van der Waals surface area (Å²) >= 11 is 0. The zero-order chi connectivity index (χ0) is 13.9. The Kier molecular flexibility index (Phi) is 4.44. The summed E-state index contributed by atoms with van der Waals surface area (Å²) < 4.78 is 22.6. The van der Waals surface area contributed by atoms with Gasteiger partial charge in [-0.3, -0.25) is 4.79 Å². The van der Waals surface area contributed by atoms with Gasteiger partial charge in [-0.1, -0.05) is 0 Å². The first-order chi connectivity index (χ1) is 8.25. The van der Waals surface area contributed by atoms with E-state index in [1.165, 1.54) is 12.1 Å². The van der Waals surface area contributed by atoms with Crippen LogP contribution in [0.15, 0.2) is 17.0 Å². The molecule has 1 aromatic rings. The number of likely N-dealkylation sites (N-methyl/N-ethyl adjacent to an activating group) is 1. The number of rotatable bonds is 4. The third-order valence-corrected chi connectivity index (χ3v) is 3.47. The Hall–Kier alpha value is -1.44. The number of nitrogens with two attached hydrogens (primary N) is 1. The molecule has 0 bridgehead atoms. The van der Waals surface area contributed by atoms with Gasteiger partial charge in [-0.15, -0.1) is 0 Å². The van der Waals surface area contributed by atoms with E-state index in [9.17, 15) is 13.2 Å². The Bertz CT molecular complexity index is 567. The molecule has 1 aromatic carbocycles. The summed E-state index contributed by atoms with van der Waals surface area (Å²) in [6.07, 6.45) is 0.